The van der Waals surface area contributed by atoms with Gasteiger partial charge in [0.2, 0.25) is 0 Å². The number of nitrogens with zero attached hydrogens (tertiary/aromatic N) is 2. The number of nitrogens with one attached hydrogen (secondary N) is 2. The zero-order chi connectivity index (χ0) is 12.1. The maximum atomic E-state index is 5.55. The highest BCUT2D eigenvalue weighted by atomic mass is 16.5. The van der Waals surface area contributed by atoms with Gasteiger partial charge in [-0.3, -0.25) is 0 Å². The standard InChI is InChI=1S/C12H20N4O/c1-9-11(13-2)15-8-16-12(9)14-5-6-17-7-10-3-4-10/h8,10H,3-7H2,1-2H3,(H2,13,14,15,16). The van der Waals surface area contributed by atoms with Crippen LogP contribution >= 0.6 is 0 Å². The Bertz CT molecular complexity index is 366. The zero-order valence-electron chi connectivity index (χ0n) is 10.5. The highest BCUT2D eigenvalue weighted by molar-refractivity contribution is 5.55. The molecule has 1 fully saturated rings. The Labute approximate surface area is 102 Å². The molecule has 5 heteroatoms. The molecule has 1 saturated carbocycles. The average molecular weight is 236 g/mol. The highest BCUT2D eigenvalue weighted by Crippen LogP contribution is 2.28. The summed E-state index contributed by atoms with van der Waals surface area (Å²) in [5.41, 5.74) is 1.04. The van der Waals surface area contributed by atoms with Crippen LogP contribution in [0.2, 0.25) is 0 Å². The molecule has 0 amide bonds. The van der Waals surface area contributed by atoms with Gasteiger partial charge >= 0.3 is 0 Å². The van der Waals surface area contributed by atoms with E-state index in [0.717, 1.165) is 42.9 Å². The minimum Gasteiger partial charge on any atom is -0.379 e. The molecule has 94 valence electrons. The molecule has 5 nitrogen and oxygen atoms in total. The van der Waals surface area contributed by atoms with Crippen molar-refractivity contribution in [3.05, 3.63) is 11.9 Å². The number of anilines is 2. The molecule has 0 radical (unpaired) electrons. The molecule has 0 spiro atoms. The van der Waals surface area contributed by atoms with Crippen LogP contribution in [0.3, 0.4) is 0 Å². The fourth-order valence-electron chi connectivity index (χ4n) is 1.66. The van der Waals surface area contributed by atoms with Crippen LogP contribution in [0, 0.1) is 12.8 Å². The molecule has 1 aliphatic rings. The third-order valence-corrected chi connectivity index (χ3v) is 2.91. The Kier molecular flexibility index (Phi) is 4.14. The molecule has 1 aliphatic carbocycles. The van der Waals surface area contributed by atoms with Crippen molar-refractivity contribution in [3.8, 4) is 0 Å². The molecule has 0 saturated heterocycles. The van der Waals surface area contributed by atoms with E-state index in [0.29, 0.717) is 0 Å². The van der Waals surface area contributed by atoms with Gasteiger partial charge in [0, 0.05) is 25.8 Å². The maximum Gasteiger partial charge on any atom is 0.134 e. The maximum absolute atomic E-state index is 5.55. The normalized spacial score (nSPS) is 14.7. The van der Waals surface area contributed by atoms with Gasteiger partial charge in [-0.2, -0.15) is 0 Å². The first-order chi connectivity index (χ1) is 8.31. The van der Waals surface area contributed by atoms with Gasteiger partial charge in [0.15, 0.2) is 0 Å². The average Bonchev–Trinajstić information content (AvgIpc) is 3.15. The molecular formula is C12H20N4O. The van der Waals surface area contributed by atoms with Crippen molar-refractivity contribution >= 4 is 11.6 Å². The van der Waals surface area contributed by atoms with E-state index in [1.807, 2.05) is 14.0 Å². The molecule has 2 rings (SSSR count). The van der Waals surface area contributed by atoms with Gasteiger partial charge in [0.25, 0.3) is 0 Å². The molecule has 0 atom stereocenters. The van der Waals surface area contributed by atoms with Crippen LogP contribution in [0.1, 0.15) is 18.4 Å². The first kappa shape index (κ1) is 12.1. The number of hydrogen-bond donors (Lipinski definition) is 2. The van der Waals surface area contributed by atoms with Crippen LogP contribution in [0.4, 0.5) is 11.6 Å². The quantitative estimate of drug-likeness (QED) is 0.705. The third kappa shape index (κ3) is 3.56. The van der Waals surface area contributed by atoms with Gasteiger partial charge in [-0.05, 0) is 25.7 Å². The number of hydrogen-bond acceptors (Lipinski definition) is 5. The monoisotopic (exact) mass is 236 g/mol. The lowest BCUT2D eigenvalue weighted by molar-refractivity contribution is 0.134. The fraction of sp³-hybridized carbons (Fsp3) is 0.667. The van der Waals surface area contributed by atoms with Crippen molar-refractivity contribution < 1.29 is 4.74 Å². The Balaban J connectivity index is 1.73. The number of aromatic nitrogens is 2. The summed E-state index contributed by atoms with van der Waals surface area (Å²) in [7, 11) is 1.86. The van der Waals surface area contributed by atoms with Crippen LogP contribution in [-0.4, -0.2) is 36.8 Å². The third-order valence-electron chi connectivity index (χ3n) is 2.91. The lowest BCUT2D eigenvalue weighted by atomic mass is 10.3. The minimum absolute atomic E-state index is 0.731. The van der Waals surface area contributed by atoms with Crippen molar-refractivity contribution in [2.24, 2.45) is 5.92 Å². The topological polar surface area (TPSA) is 59.1 Å². The first-order valence-corrected chi connectivity index (χ1v) is 6.12. The van der Waals surface area contributed by atoms with Gasteiger partial charge in [0.05, 0.1) is 6.61 Å². The lowest BCUT2D eigenvalue weighted by Crippen LogP contribution is -2.13. The predicted molar refractivity (Wildman–Crippen MR) is 68.3 cm³/mol. The Morgan fingerprint density at radius 3 is 2.82 bits per heavy atom. The molecule has 0 bridgehead atoms. The lowest BCUT2D eigenvalue weighted by Gasteiger charge is -2.11. The second kappa shape index (κ2) is 5.82. The SMILES string of the molecule is CNc1ncnc(NCCOCC2CC2)c1C. The van der Waals surface area contributed by atoms with E-state index in [4.69, 9.17) is 4.74 Å². The van der Waals surface area contributed by atoms with E-state index < -0.39 is 0 Å². The van der Waals surface area contributed by atoms with Crippen molar-refractivity contribution in [2.75, 3.05) is 37.4 Å². The van der Waals surface area contributed by atoms with E-state index >= 15 is 0 Å². The summed E-state index contributed by atoms with van der Waals surface area (Å²) in [6, 6.07) is 0. The van der Waals surface area contributed by atoms with E-state index in [2.05, 4.69) is 20.6 Å². The van der Waals surface area contributed by atoms with Gasteiger partial charge in [-0.1, -0.05) is 0 Å². The van der Waals surface area contributed by atoms with E-state index in [1.54, 1.807) is 6.33 Å². The Hall–Kier alpha value is -1.36. The largest absolute Gasteiger partial charge is 0.379 e. The van der Waals surface area contributed by atoms with Gasteiger partial charge in [0.1, 0.15) is 18.0 Å². The van der Waals surface area contributed by atoms with Crippen LogP contribution < -0.4 is 10.6 Å². The molecule has 1 aromatic heterocycles. The van der Waals surface area contributed by atoms with Crippen molar-refractivity contribution in [1.29, 1.82) is 0 Å². The summed E-state index contributed by atoms with van der Waals surface area (Å²) in [5, 5.41) is 6.30. The van der Waals surface area contributed by atoms with Crippen molar-refractivity contribution in [1.82, 2.24) is 9.97 Å². The predicted octanol–water partition coefficient (Wildman–Crippen LogP) is 1.67. The van der Waals surface area contributed by atoms with E-state index in [9.17, 15) is 0 Å². The van der Waals surface area contributed by atoms with Crippen molar-refractivity contribution in [3.63, 3.8) is 0 Å². The molecule has 1 aromatic rings. The van der Waals surface area contributed by atoms with Gasteiger partial charge in [-0.25, -0.2) is 9.97 Å². The minimum atomic E-state index is 0.731. The van der Waals surface area contributed by atoms with Crippen LogP contribution in [0.5, 0.6) is 0 Å². The first-order valence-electron chi connectivity index (χ1n) is 6.12. The fourth-order valence-corrected chi connectivity index (χ4v) is 1.66. The summed E-state index contributed by atoms with van der Waals surface area (Å²) in [4.78, 5) is 8.35. The summed E-state index contributed by atoms with van der Waals surface area (Å²) in [6.45, 7) is 4.42. The zero-order valence-corrected chi connectivity index (χ0v) is 10.5. The number of rotatable bonds is 7. The second-order valence-corrected chi connectivity index (χ2v) is 4.39. The summed E-state index contributed by atoms with van der Waals surface area (Å²) >= 11 is 0. The van der Waals surface area contributed by atoms with Crippen LogP contribution in [0.25, 0.3) is 0 Å². The summed E-state index contributed by atoms with van der Waals surface area (Å²) in [6.07, 6.45) is 4.24. The van der Waals surface area contributed by atoms with Crippen LogP contribution in [0.15, 0.2) is 6.33 Å². The molecule has 2 N–H and O–H groups in total. The summed E-state index contributed by atoms with van der Waals surface area (Å²) in [5.74, 6) is 2.56. The highest BCUT2D eigenvalue weighted by Gasteiger charge is 2.20. The van der Waals surface area contributed by atoms with Gasteiger partial charge < -0.3 is 15.4 Å². The Morgan fingerprint density at radius 2 is 2.12 bits per heavy atom. The van der Waals surface area contributed by atoms with E-state index in [1.165, 1.54) is 12.8 Å². The summed E-state index contributed by atoms with van der Waals surface area (Å²) < 4.78 is 5.55. The second-order valence-electron chi connectivity index (χ2n) is 4.39. The Morgan fingerprint density at radius 1 is 1.35 bits per heavy atom. The molecular weight excluding hydrogens is 216 g/mol. The molecule has 0 aliphatic heterocycles. The smallest absolute Gasteiger partial charge is 0.134 e. The molecule has 1 heterocycles. The van der Waals surface area contributed by atoms with Crippen molar-refractivity contribution in [2.45, 2.75) is 19.8 Å². The van der Waals surface area contributed by atoms with Gasteiger partial charge in [-0.15, -0.1) is 0 Å². The van der Waals surface area contributed by atoms with Crippen LogP contribution in [-0.2, 0) is 4.74 Å². The van der Waals surface area contributed by atoms with E-state index in [-0.39, 0.29) is 0 Å². The molecule has 0 aromatic carbocycles. The molecule has 17 heavy (non-hydrogen) atoms. The molecule has 0 unspecified atom stereocenters. The number of ether oxygens (including phenoxy) is 1.